The average Bonchev–Trinajstić information content (AvgIpc) is 2.52. The number of sulfonamides is 1. The zero-order chi connectivity index (χ0) is 20.2. The van der Waals surface area contributed by atoms with Gasteiger partial charge in [0.15, 0.2) is 0 Å². The zero-order valence-corrected chi connectivity index (χ0v) is 16.8. The van der Waals surface area contributed by atoms with Crippen LogP contribution >= 0.6 is 23.2 Å². The normalized spacial score (nSPS) is 11.0. The maximum Gasteiger partial charge on any atom is 0.245 e. The lowest BCUT2D eigenvalue weighted by molar-refractivity contribution is -0.115. The molecule has 2 aromatic carbocycles. The Labute approximate surface area is 167 Å². The predicted octanol–water partition coefficient (Wildman–Crippen LogP) is 3.36. The van der Waals surface area contributed by atoms with E-state index >= 15 is 0 Å². The molecule has 0 fully saturated rings. The summed E-state index contributed by atoms with van der Waals surface area (Å²) < 4.78 is 25.1. The van der Waals surface area contributed by atoms with Crippen LogP contribution in [0.2, 0.25) is 10.0 Å². The van der Waals surface area contributed by atoms with Crippen molar-refractivity contribution in [2.75, 3.05) is 27.7 Å². The molecule has 27 heavy (non-hydrogen) atoms. The van der Waals surface area contributed by atoms with E-state index in [0.717, 1.165) is 10.6 Å². The van der Waals surface area contributed by atoms with E-state index in [9.17, 15) is 18.0 Å². The first-order valence-corrected chi connectivity index (χ1v) is 10.3. The largest absolute Gasteiger partial charge is 0.326 e. The molecule has 0 aliphatic heterocycles. The minimum atomic E-state index is -3.75. The van der Waals surface area contributed by atoms with Crippen molar-refractivity contribution >= 4 is 62.1 Å². The fourth-order valence-corrected chi connectivity index (χ4v) is 3.61. The Morgan fingerprint density at radius 3 is 1.89 bits per heavy atom. The first-order chi connectivity index (χ1) is 12.5. The molecule has 144 valence electrons. The third kappa shape index (κ3) is 6.42. The van der Waals surface area contributed by atoms with E-state index in [-0.39, 0.29) is 21.6 Å². The van der Waals surface area contributed by atoms with E-state index < -0.39 is 22.5 Å². The van der Waals surface area contributed by atoms with Crippen LogP contribution in [0.3, 0.4) is 0 Å². The van der Waals surface area contributed by atoms with Crippen LogP contribution in [0.15, 0.2) is 42.5 Å². The first-order valence-electron chi connectivity index (χ1n) is 7.66. The van der Waals surface area contributed by atoms with Gasteiger partial charge in [-0.1, -0.05) is 23.2 Å². The molecule has 10 heteroatoms. The number of nitrogens with one attached hydrogen (secondary N) is 2. The smallest absolute Gasteiger partial charge is 0.245 e. The third-order valence-corrected chi connectivity index (χ3v) is 4.89. The number of anilines is 3. The summed E-state index contributed by atoms with van der Waals surface area (Å²) in [5, 5.41) is 5.71. The highest BCUT2D eigenvalue weighted by atomic mass is 35.5. The van der Waals surface area contributed by atoms with Crippen molar-refractivity contribution in [1.82, 2.24) is 0 Å². The molecule has 0 saturated heterocycles. The Balaban J connectivity index is 2.16. The summed E-state index contributed by atoms with van der Waals surface area (Å²) in [4.78, 5) is 23.3. The Hall–Kier alpha value is -2.29. The van der Waals surface area contributed by atoms with Gasteiger partial charge in [-0.15, -0.1) is 0 Å². The number of rotatable bonds is 6. The number of nitrogens with zero attached hydrogens (tertiary/aromatic N) is 1. The fraction of sp³-hybridized carbons (Fsp3) is 0.176. The van der Waals surface area contributed by atoms with Crippen LogP contribution in [0, 0.1) is 0 Å². The maximum atomic E-state index is 12.3. The van der Waals surface area contributed by atoms with Crippen LogP contribution in [0.1, 0.15) is 6.92 Å². The summed E-state index contributed by atoms with van der Waals surface area (Å²) in [7, 11) is -3.75. The third-order valence-electron chi connectivity index (χ3n) is 3.31. The van der Waals surface area contributed by atoms with Gasteiger partial charge < -0.3 is 10.6 Å². The number of amides is 2. The predicted molar refractivity (Wildman–Crippen MR) is 108 cm³/mol. The molecule has 0 heterocycles. The highest BCUT2D eigenvalue weighted by Crippen LogP contribution is 2.27. The molecule has 2 amide bonds. The summed E-state index contributed by atoms with van der Waals surface area (Å²) in [6, 6.07) is 10.7. The summed E-state index contributed by atoms with van der Waals surface area (Å²) in [6.45, 7) is 0.931. The second-order valence-electron chi connectivity index (χ2n) is 5.70. The van der Waals surface area contributed by atoms with Gasteiger partial charge in [-0.25, -0.2) is 8.42 Å². The SMILES string of the molecule is CC(=O)Nc1ccc(NC(=O)CN(c2cc(Cl)cc(Cl)c2)S(C)(=O)=O)cc1. The number of halogens is 2. The van der Waals surface area contributed by atoms with Gasteiger partial charge in [0.1, 0.15) is 6.54 Å². The topological polar surface area (TPSA) is 95.6 Å². The van der Waals surface area contributed by atoms with Crippen molar-refractivity contribution in [2.24, 2.45) is 0 Å². The lowest BCUT2D eigenvalue weighted by Crippen LogP contribution is -2.37. The van der Waals surface area contributed by atoms with E-state index in [1.165, 1.54) is 25.1 Å². The van der Waals surface area contributed by atoms with Gasteiger partial charge in [-0.05, 0) is 42.5 Å². The monoisotopic (exact) mass is 429 g/mol. The maximum absolute atomic E-state index is 12.3. The van der Waals surface area contributed by atoms with E-state index in [2.05, 4.69) is 10.6 Å². The lowest BCUT2D eigenvalue weighted by atomic mass is 10.2. The van der Waals surface area contributed by atoms with Crippen molar-refractivity contribution in [2.45, 2.75) is 6.92 Å². The van der Waals surface area contributed by atoms with Crippen LogP contribution in [0.5, 0.6) is 0 Å². The number of hydrogen-bond acceptors (Lipinski definition) is 4. The molecule has 0 bridgehead atoms. The molecule has 0 aliphatic carbocycles. The second kappa shape index (κ2) is 8.60. The zero-order valence-electron chi connectivity index (χ0n) is 14.5. The summed E-state index contributed by atoms with van der Waals surface area (Å²) in [5.74, 6) is -0.764. The minimum Gasteiger partial charge on any atom is -0.326 e. The van der Waals surface area contributed by atoms with Crippen molar-refractivity contribution in [3.63, 3.8) is 0 Å². The molecule has 0 aromatic heterocycles. The number of hydrogen-bond donors (Lipinski definition) is 2. The molecule has 7 nitrogen and oxygen atoms in total. The summed E-state index contributed by atoms with van der Waals surface area (Å²) in [5.41, 5.74) is 1.21. The molecular weight excluding hydrogens is 413 g/mol. The highest BCUT2D eigenvalue weighted by molar-refractivity contribution is 7.92. The van der Waals surface area contributed by atoms with Gasteiger partial charge in [0, 0.05) is 28.3 Å². The Morgan fingerprint density at radius 2 is 1.44 bits per heavy atom. The fourth-order valence-electron chi connectivity index (χ4n) is 2.25. The van der Waals surface area contributed by atoms with Crippen LogP contribution in [0.4, 0.5) is 17.1 Å². The Kier molecular flexibility index (Phi) is 6.69. The molecule has 0 spiro atoms. The number of carbonyl (C=O) groups excluding carboxylic acids is 2. The quantitative estimate of drug-likeness (QED) is 0.735. The second-order valence-corrected chi connectivity index (χ2v) is 8.48. The van der Waals surface area contributed by atoms with Crippen LogP contribution in [0.25, 0.3) is 0 Å². The molecular formula is C17H17Cl2N3O4S. The summed E-state index contributed by atoms with van der Waals surface area (Å²) in [6.07, 6.45) is 0.983. The molecule has 2 rings (SSSR count). The number of carbonyl (C=O) groups is 2. The molecule has 2 aromatic rings. The van der Waals surface area contributed by atoms with Crippen molar-refractivity contribution in [1.29, 1.82) is 0 Å². The molecule has 0 aliphatic rings. The van der Waals surface area contributed by atoms with Crippen molar-refractivity contribution in [3.8, 4) is 0 Å². The van der Waals surface area contributed by atoms with Crippen LogP contribution in [-0.2, 0) is 19.6 Å². The van der Waals surface area contributed by atoms with Gasteiger partial charge in [-0.2, -0.15) is 0 Å². The summed E-state index contributed by atoms with van der Waals surface area (Å²) >= 11 is 11.8. The molecule has 0 unspecified atom stereocenters. The minimum absolute atomic E-state index is 0.186. The molecule has 2 N–H and O–H groups in total. The Bertz CT molecular complexity index is 942. The van der Waals surface area contributed by atoms with Gasteiger partial charge in [0.05, 0.1) is 11.9 Å². The first kappa shape index (κ1) is 21.0. The van der Waals surface area contributed by atoms with Gasteiger partial charge in [0.25, 0.3) is 0 Å². The highest BCUT2D eigenvalue weighted by Gasteiger charge is 2.21. The van der Waals surface area contributed by atoms with E-state index in [0.29, 0.717) is 11.4 Å². The molecule has 0 radical (unpaired) electrons. The van der Waals surface area contributed by atoms with Crippen LogP contribution in [-0.4, -0.2) is 33.0 Å². The van der Waals surface area contributed by atoms with Crippen LogP contribution < -0.4 is 14.9 Å². The lowest BCUT2D eigenvalue weighted by Gasteiger charge is -2.22. The van der Waals surface area contributed by atoms with Crippen molar-refractivity contribution in [3.05, 3.63) is 52.5 Å². The average molecular weight is 430 g/mol. The van der Waals surface area contributed by atoms with Gasteiger partial charge in [0.2, 0.25) is 21.8 Å². The standard InChI is InChI=1S/C17H17Cl2N3O4S/c1-11(23)20-14-3-5-15(6-4-14)21-17(24)10-22(27(2,25)26)16-8-12(18)7-13(19)9-16/h3-9H,10H2,1-2H3,(H,20,23)(H,21,24). The van der Waals surface area contributed by atoms with E-state index in [4.69, 9.17) is 23.2 Å². The Morgan fingerprint density at radius 1 is 0.963 bits per heavy atom. The molecule has 0 atom stereocenters. The van der Waals surface area contributed by atoms with Gasteiger partial charge in [-0.3, -0.25) is 13.9 Å². The van der Waals surface area contributed by atoms with Gasteiger partial charge >= 0.3 is 0 Å². The van der Waals surface area contributed by atoms with E-state index in [1.54, 1.807) is 24.3 Å². The number of benzene rings is 2. The molecule has 0 saturated carbocycles. The van der Waals surface area contributed by atoms with Crippen molar-refractivity contribution < 1.29 is 18.0 Å². The van der Waals surface area contributed by atoms with E-state index in [1.807, 2.05) is 0 Å².